The number of carbonyl (C=O) groups excluding carboxylic acids is 1. The highest BCUT2D eigenvalue weighted by atomic mass is 16.7. The third-order valence-electron chi connectivity index (χ3n) is 5.31. The molecule has 0 amide bonds. The predicted molar refractivity (Wildman–Crippen MR) is 115 cm³/mol. The summed E-state index contributed by atoms with van der Waals surface area (Å²) < 4.78 is 17.2. The molecule has 1 aliphatic rings. The van der Waals surface area contributed by atoms with Crippen LogP contribution in [0.2, 0.25) is 0 Å². The van der Waals surface area contributed by atoms with E-state index in [-0.39, 0.29) is 24.6 Å². The monoisotopic (exact) mass is 420 g/mol. The van der Waals surface area contributed by atoms with E-state index in [1.165, 1.54) is 4.68 Å². The molecule has 0 spiro atoms. The molecule has 1 aromatic heterocycles. The van der Waals surface area contributed by atoms with Crippen molar-refractivity contribution in [3.8, 4) is 17.2 Å². The van der Waals surface area contributed by atoms with Crippen LogP contribution in [-0.4, -0.2) is 29.5 Å². The van der Waals surface area contributed by atoms with Crippen molar-refractivity contribution in [3.63, 3.8) is 0 Å². The minimum absolute atomic E-state index is 0.105. The van der Waals surface area contributed by atoms with Gasteiger partial charge in [-0.2, -0.15) is 5.10 Å². The summed E-state index contributed by atoms with van der Waals surface area (Å²) in [5.74, 6) is 1.93. The fourth-order valence-corrected chi connectivity index (χ4v) is 3.63. The number of benzene rings is 2. The Balaban J connectivity index is 1.56. The molecule has 160 valence electrons. The van der Waals surface area contributed by atoms with Crippen LogP contribution in [0.5, 0.6) is 17.2 Å². The minimum Gasteiger partial charge on any atom is -0.497 e. The van der Waals surface area contributed by atoms with E-state index in [2.05, 4.69) is 5.10 Å². The molecule has 3 aromatic rings. The second-order valence-electron chi connectivity index (χ2n) is 7.60. The number of Topliss-reactive ketones (excluding diaryl/α,β-unsaturated/α-hetero) is 1. The maximum absolute atomic E-state index is 13.1. The third-order valence-corrected chi connectivity index (χ3v) is 5.31. The van der Waals surface area contributed by atoms with Crippen LogP contribution < -0.4 is 19.8 Å². The van der Waals surface area contributed by atoms with Crippen LogP contribution in [0.3, 0.4) is 0 Å². The Labute approximate surface area is 180 Å². The maximum Gasteiger partial charge on any atom is 0.270 e. The summed E-state index contributed by atoms with van der Waals surface area (Å²) in [6.07, 6.45) is 0.605. The molecule has 2 aromatic carbocycles. The molecule has 0 saturated carbocycles. The molecule has 7 heteroatoms. The number of nitrogens with zero attached hydrogens (tertiary/aromatic N) is 2. The van der Waals surface area contributed by atoms with Crippen LogP contribution in [-0.2, 0) is 17.6 Å². The van der Waals surface area contributed by atoms with Crippen molar-refractivity contribution in [1.82, 2.24) is 9.78 Å². The minimum atomic E-state index is -0.693. The van der Waals surface area contributed by atoms with Crippen molar-refractivity contribution in [2.75, 3.05) is 13.9 Å². The second kappa shape index (κ2) is 8.63. The van der Waals surface area contributed by atoms with E-state index >= 15 is 0 Å². The summed E-state index contributed by atoms with van der Waals surface area (Å²) in [6, 6.07) is 14.1. The quantitative estimate of drug-likeness (QED) is 0.584. The van der Waals surface area contributed by atoms with Gasteiger partial charge >= 0.3 is 0 Å². The first-order valence-corrected chi connectivity index (χ1v) is 10.1. The summed E-state index contributed by atoms with van der Waals surface area (Å²) in [5.41, 5.74) is 2.76. The predicted octanol–water partition coefficient (Wildman–Crippen LogP) is 3.25. The summed E-state index contributed by atoms with van der Waals surface area (Å²) in [5, 5.41) is 4.34. The molecule has 0 radical (unpaired) electrons. The first-order chi connectivity index (χ1) is 14.9. The van der Waals surface area contributed by atoms with Crippen LogP contribution in [0, 0.1) is 6.92 Å². The number of ether oxygens (including phenoxy) is 3. The molecule has 7 nitrogen and oxygen atoms in total. The number of aryl methyl sites for hydroxylation is 1. The number of ketones is 1. The summed E-state index contributed by atoms with van der Waals surface area (Å²) in [4.78, 5) is 26.1. The third kappa shape index (κ3) is 4.45. The smallest absolute Gasteiger partial charge is 0.270 e. The lowest BCUT2D eigenvalue weighted by Crippen LogP contribution is -2.33. The van der Waals surface area contributed by atoms with Crippen LogP contribution >= 0.6 is 0 Å². The van der Waals surface area contributed by atoms with Crippen molar-refractivity contribution < 1.29 is 19.0 Å². The van der Waals surface area contributed by atoms with Gasteiger partial charge in [-0.05, 0) is 55.3 Å². The van der Waals surface area contributed by atoms with Gasteiger partial charge in [0.25, 0.3) is 5.56 Å². The fourth-order valence-electron chi connectivity index (χ4n) is 3.63. The van der Waals surface area contributed by atoms with Gasteiger partial charge in [0.15, 0.2) is 17.3 Å². The van der Waals surface area contributed by atoms with Gasteiger partial charge in [0.2, 0.25) is 6.79 Å². The molecule has 1 aliphatic heterocycles. The lowest BCUT2D eigenvalue weighted by Gasteiger charge is -2.15. The molecule has 4 rings (SSSR count). The van der Waals surface area contributed by atoms with Gasteiger partial charge in [-0.15, -0.1) is 0 Å². The van der Waals surface area contributed by atoms with Crippen LogP contribution in [0.4, 0.5) is 0 Å². The first-order valence-electron chi connectivity index (χ1n) is 10.1. The Bertz CT molecular complexity index is 1180. The van der Waals surface area contributed by atoms with Crippen molar-refractivity contribution in [2.45, 2.75) is 32.7 Å². The number of hydrogen-bond acceptors (Lipinski definition) is 6. The Morgan fingerprint density at radius 3 is 2.74 bits per heavy atom. The molecule has 0 saturated heterocycles. The molecule has 31 heavy (non-hydrogen) atoms. The van der Waals surface area contributed by atoms with Crippen molar-refractivity contribution >= 4 is 5.78 Å². The maximum atomic E-state index is 13.1. The lowest BCUT2D eigenvalue weighted by atomic mass is 10.0. The Kier molecular flexibility index (Phi) is 5.75. The zero-order valence-electron chi connectivity index (χ0n) is 17.8. The van der Waals surface area contributed by atoms with Crippen LogP contribution in [0.15, 0.2) is 53.3 Å². The van der Waals surface area contributed by atoms with Crippen molar-refractivity contribution in [2.24, 2.45) is 0 Å². The Morgan fingerprint density at radius 1 is 1.13 bits per heavy atom. The van der Waals surface area contributed by atoms with Gasteiger partial charge < -0.3 is 14.2 Å². The normalized spacial score (nSPS) is 13.1. The largest absolute Gasteiger partial charge is 0.497 e. The Hall–Kier alpha value is -3.61. The summed E-state index contributed by atoms with van der Waals surface area (Å²) in [6.45, 7) is 3.71. The average Bonchev–Trinajstić information content (AvgIpc) is 3.23. The number of fused-ring (bicyclic) bond motifs is 1. The number of carbonyl (C=O) groups is 1. The molecule has 1 atom stereocenters. The molecule has 2 heterocycles. The molecule has 0 N–H and O–H groups in total. The number of aromatic nitrogens is 2. The van der Waals surface area contributed by atoms with E-state index < -0.39 is 6.04 Å². The molecular weight excluding hydrogens is 396 g/mol. The van der Waals surface area contributed by atoms with Crippen molar-refractivity contribution in [1.29, 1.82) is 0 Å². The van der Waals surface area contributed by atoms with E-state index in [4.69, 9.17) is 14.2 Å². The zero-order chi connectivity index (χ0) is 22.0. The molecule has 0 fully saturated rings. The summed E-state index contributed by atoms with van der Waals surface area (Å²) in [7, 11) is 1.61. The zero-order valence-corrected chi connectivity index (χ0v) is 17.8. The van der Waals surface area contributed by atoms with E-state index in [1.807, 2.05) is 37.3 Å². The number of methoxy groups -OCH3 is 1. The average molecular weight is 420 g/mol. The van der Waals surface area contributed by atoms with E-state index in [0.29, 0.717) is 29.2 Å². The van der Waals surface area contributed by atoms with Crippen LogP contribution in [0.25, 0.3) is 0 Å². The standard InChI is InChI=1S/C24H24N2O5/c1-15-9-19(10-17-5-4-6-20(11-17)29-3)24(28)26(25-15)16(2)21(27)12-18-7-8-22-23(13-18)31-14-30-22/h4-9,11,13,16H,10,12,14H2,1-3H3. The number of hydrogen-bond donors (Lipinski definition) is 0. The van der Waals surface area contributed by atoms with Gasteiger partial charge in [0, 0.05) is 18.4 Å². The van der Waals surface area contributed by atoms with E-state index in [9.17, 15) is 9.59 Å². The van der Waals surface area contributed by atoms with Gasteiger partial charge in [-0.3, -0.25) is 9.59 Å². The highest BCUT2D eigenvalue weighted by Crippen LogP contribution is 2.32. The van der Waals surface area contributed by atoms with Gasteiger partial charge in [0.1, 0.15) is 11.8 Å². The molecule has 1 unspecified atom stereocenters. The topological polar surface area (TPSA) is 79.7 Å². The molecule has 0 aliphatic carbocycles. The van der Waals surface area contributed by atoms with Gasteiger partial charge in [-0.1, -0.05) is 18.2 Å². The van der Waals surface area contributed by atoms with Gasteiger partial charge in [-0.25, -0.2) is 4.68 Å². The van der Waals surface area contributed by atoms with E-state index in [0.717, 1.165) is 16.9 Å². The van der Waals surface area contributed by atoms with Crippen LogP contribution in [0.1, 0.15) is 35.3 Å². The highest BCUT2D eigenvalue weighted by molar-refractivity contribution is 5.84. The van der Waals surface area contributed by atoms with E-state index in [1.54, 1.807) is 32.2 Å². The SMILES string of the molecule is COc1cccc(Cc2cc(C)nn(C(C)C(=O)Cc3ccc4c(c3)OCO4)c2=O)c1. The number of rotatable bonds is 7. The second-order valence-corrected chi connectivity index (χ2v) is 7.60. The lowest BCUT2D eigenvalue weighted by molar-refractivity contribution is -0.121. The fraction of sp³-hybridized carbons (Fsp3) is 0.292. The molecule has 0 bridgehead atoms. The van der Waals surface area contributed by atoms with Crippen molar-refractivity contribution in [3.05, 3.63) is 81.3 Å². The Morgan fingerprint density at radius 2 is 1.94 bits per heavy atom. The molecular formula is C24H24N2O5. The van der Waals surface area contributed by atoms with Gasteiger partial charge in [0.05, 0.1) is 12.8 Å². The highest BCUT2D eigenvalue weighted by Gasteiger charge is 2.21. The summed E-state index contributed by atoms with van der Waals surface area (Å²) >= 11 is 0. The first kappa shape index (κ1) is 20.7.